The molecule has 1 N–H and O–H groups in total. The van der Waals surface area contributed by atoms with Gasteiger partial charge in [0.2, 0.25) is 0 Å². The fourth-order valence-corrected chi connectivity index (χ4v) is 2.93. The Morgan fingerprint density at radius 2 is 1.89 bits per heavy atom. The van der Waals surface area contributed by atoms with Crippen LogP contribution in [0.3, 0.4) is 0 Å². The Labute approximate surface area is 164 Å². The maximum Gasteiger partial charge on any atom is 0.438 e. The number of nitrogens with zero attached hydrogens (tertiary/aromatic N) is 2. The molecule has 28 heavy (non-hydrogen) atoms. The van der Waals surface area contributed by atoms with Gasteiger partial charge in [0.1, 0.15) is 12.4 Å². The van der Waals surface area contributed by atoms with Crippen LogP contribution in [0.2, 0.25) is 5.02 Å². The summed E-state index contributed by atoms with van der Waals surface area (Å²) in [6, 6.07) is 12.7. The van der Waals surface area contributed by atoms with E-state index in [1.54, 1.807) is 36.4 Å². The van der Waals surface area contributed by atoms with Gasteiger partial charge >= 0.3 is 6.18 Å². The largest absolute Gasteiger partial charge is 0.487 e. The molecule has 5 nitrogen and oxygen atoms in total. The molecule has 3 rings (SSSR count). The molecule has 0 fully saturated rings. The van der Waals surface area contributed by atoms with Gasteiger partial charge in [-0.2, -0.15) is 23.3 Å². The maximum absolute atomic E-state index is 13.3. The average molecular weight is 413 g/mol. The van der Waals surface area contributed by atoms with Crippen molar-refractivity contribution >= 4 is 23.2 Å². The highest BCUT2D eigenvalue weighted by Crippen LogP contribution is 2.40. The van der Waals surface area contributed by atoms with Crippen molar-refractivity contribution in [1.82, 2.24) is 5.01 Å². The van der Waals surface area contributed by atoms with Gasteiger partial charge in [-0.25, -0.2) is 0 Å². The lowest BCUT2D eigenvalue weighted by atomic mass is 10.1. The van der Waals surface area contributed by atoms with Crippen molar-refractivity contribution in [3.63, 3.8) is 0 Å². The van der Waals surface area contributed by atoms with Crippen molar-refractivity contribution in [3.05, 3.63) is 64.7 Å². The molecule has 1 heterocycles. The average Bonchev–Trinajstić information content (AvgIpc) is 2.96. The van der Waals surface area contributed by atoms with Gasteiger partial charge in [0, 0.05) is 17.7 Å². The summed E-state index contributed by atoms with van der Waals surface area (Å²) in [6.45, 7) is 1.48. The molecule has 1 amide bonds. The molecule has 0 aromatic heterocycles. The molecular formula is C19H16ClF3N2O3. The molecule has 9 heteroatoms. The van der Waals surface area contributed by atoms with E-state index in [0.29, 0.717) is 16.3 Å². The third kappa shape index (κ3) is 3.83. The summed E-state index contributed by atoms with van der Waals surface area (Å²) in [4.78, 5) is 12.5. The van der Waals surface area contributed by atoms with E-state index in [-0.39, 0.29) is 22.9 Å². The molecule has 2 aromatic carbocycles. The van der Waals surface area contributed by atoms with Crippen LogP contribution in [0.5, 0.6) is 5.75 Å². The first-order valence-corrected chi connectivity index (χ1v) is 8.63. The molecule has 0 bridgehead atoms. The topological polar surface area (TPSA) is 62.1 Å². The zero-order valence-electron chi connectivity index (χ0n) is 14.7. The number of amides is 1. The molecule has 1 aliphatic heterocycles. The number of carbonyl (C=O) groups is 1. The summed E-state index contributed by atoms with van der Waals surface area (Å²) in [5.41, 5.74) is -2.69. The smallest absolute Gasteiger partial charge is 0.438 e. The number of hydrogen-bond acceptors (Lipinski definition) is 4. The van der Waals surface area contributed by atoms with Gasteiger partial charge in [0.05, 0.1) is 5.02 Å². The van der Waals surface area contributed by atoms with E-state index >= 15 is 0 Å². The zero-order valence-corrected chi connectivity index (χ0v) is 15.5. The highest BCUT2D eigenvalue weighted by atomic mass is 35.5. The number of aliphatic hydroxyl groups is 1. The number of ether oxygens (including phenoxy) is 1. The van der Waals surface area contributed by atoms with Gasteiger partial charge in [-0.1, -0.05) is 35.9 Å². The van der Waals surface area contributed by atoms with E-state index in [9.17, 15) is 23.1 Å². The van der Waals surface area contributed by atoms with E-state index in [4.69, 9.17) is 16.3 Å². The van der Waals surface area contributed by atoms with E-state index in [0.717, 1.165) is 0 Å². The van der Waals surface area contributed by atoms with Crippen LogP contribution in [0.25, 0.3) is 0 Å². The summed E-state index contributed by atoms with van der Waals surface area (Å²) in [7, 11) is 0. The summed E-state index contributed by atoms with van der Waals surface area (Å²) in [6.07, 6.45) is -5.82. The minimum Gasteiger partial charge on any atom is -0.487 e. The highest BCUT2D eigenvalue weighted by molar-refractivity contribution is 6.32. The monoisotopic (exact) mass is 412 g/mol. The third-order valence-corrected chi connectivity index (χ3v) is 4.51. The molecule has 0 radical (unpaired) electrons. The standard InChI is InChI=1S/C19H16ClF3N2O3/c1-12-10-18(27,19(21,22)23)25(24-12)17(26)14-8-6-13(7-9-14)11-28-16-5-3-2-4-15(16)20/h2-9,27H,10-11H2,1H3. The normalized spacial score (nSPS) is 19.5. The molecule has 0 aliphatic carbocycles. The second kappa shape index (κ2) is 7.44. The third-order valence-electron chi connectivity index (χ3n) is 4.20. The van der Waals surface area contributed by atoms with Gasteiger partial charge in [-0.05, 0) is 36.8 Å². The lowest BCUT2D eigenvalue weighted by Gasteiger charge is -2.32. The van der Waals surface area contributed by atoms with Crippen molar-refractivity contribution in [3.8, 4) is 5.75 Å². The van der Waals surface area contributed by atoms with Crippen LogP contribution in [0.1, 0.15) is 29.3 Å². The SMILES string of the molecule is CC1=NN(C(=O)c2ccc(COc3ccccc3Cl)cc2)C(O)(C(F)(F)F)C1. The number of rotatable bonds is 4. The molecule has 0 spiro atoms. The Kier molecular flexibility index (Phi) is 5.36. The van der Waals surface area contributed by atoms with Gasteiger partial charge in [0.15, 0.2) is 0 Å². The summed E-state index contributed by atoms with van der Waals surface area (Å²) < 4.78 is 45.4. The van der Waals surface area contributed by atoms with Crippen LogP contribution < -0.4 is 4.74 Å². The lowest BCUT2D eigenvalue weighted by Crippen LogP contribution is -2.56. The Hall–Kier alpha value is -2.58. The van der Waals surface area contributed by atoms with Gasteiger partial charge < -0.3 is 9.84 Å². The first-order valence-electron chi connectivity index (χ1n) is 8.26. The summed E-state index contributed by atoms with van der Waals surface area (Å²) in [5, 5.41) is 14.1. The fourth-order valence-electron chi connectivity index (χ4n) is 2.74. The molecule has 0 saturated carbocycles. The van der Waals surface area contributed by atoms with Crippen LogP contribution in [-0.4, -0.2) is 33.6 Å². The molecule has 2 aromatic rings. The van der Waals surface area contributed by atoms with Gasteiger partial charge in [-0.3, -0.25) is 4.79 Å². The van der Waals surface area contributed by atoms with Crippen molar-refractivity contribution in [2.45, 2.75) is 31.9 Å². The number of carbonyl (C=O) groups excluding carboxylic acids is 1. The number of halogens is 4. The Morgan fingerprint density at radius 1 is 1.25 bits per heavy atom. The van der Waals surface area contributed by atoms with Crippen molar-refractivity contribution in [2.24, 2.45) is 5.10 Å². The Balaban J connectivity index is 1.74. The van der Waals surface area contributed by atoms with Crippen LogP contribution in [-0.2, 0) is 6.61 Å². The predicted molar refractivity (Wildman–Crippen MR) is 97.1 cm³/mol. The second-order valence-electron chi connectivity index (χ2n) is 6.36. The van der Waals surface area contributed by atoms with Crippen LogP contribution in [0.15, 0.2) is 53.6 Å². The van der Waals surface area contributed by atoms with Crippen LogP contribution in [0, 0.1) is 0 Å². The van der Waals surface area contributed by atoms with E-state index < -0.39 is 24.2 Å². The van der Waals surface area contributed by atoms with Gasteiger partial charge in [-0.15, -0.1) is 0 Å². The van der Waals surface area contributed by atoms with Crippen LogP contribution >= 0.6 is 11.6 Å². The molecule has 0 saturated heterocycles. The van der Waals surface area contributed by atoms with E-state index in [2.05, 4.69) is 5.10 Å². The molecule has 1 aliphatic rings. The number of hydrazone groups is 1. The maximum atomic E-state index is 13.3. The van der Waals surface area contributed by atoms with E-state index in [1.165, 1.54) is 19.1 Å². The molecular weight excluding hydrogens is 397 g/mol. The molecule has 1 unspecified atom stereocenters. The zero-order chi connectivity index (χ0) is 20.5. The minimum absolute atomic E-state index is 0.0120. The molecule has 148 valence electrons. The number of alkyl halides is 3. The van der Waals surface area contributed by atoms with Crippen LogP contribution in [0.4, 0.5) is 13.2 Å². The fraction of sp³-hybridized carbons (Fsp3) is 0.263. The highest BCUT2D eigenvalue weighted by Gasteiger charge is 2.62. The molecule has 1 atom stereocenters. The lowest BCUT2D eigenvalue weighted by molar-refractivity contribution is -0.297. The Morgan fingerprint density at radius 3 is 2.50 bits per heavy atom. The number of hydrogen-bond donors (Lipinski definition) is 1. The van der Waals surface area contributed by atoms with Crippen molar-refractivity contribution in [1.29, 1.82) is 0 Å². The Bertz CT molecular complexity index is 915. The predicted octanol–water partition coefficient (Wildman–Crippen LogP) is 4.39. The first kappa shape index (κ1) is 20.2. The van der Waals surface area contributed by atoms with Crippen molar-refractivity contribution in [2.75, 3.05) is 0 Å². The van der Waals surface area contributed by atoms with Gasteiger partial charge in [0.25, 0.3) is 11.6 Å². The van der Waals surface area contributed by atoms with Crippen molar-refractivity contribution < 1.29 is 27.8 Å². The number of benzene rings is 2. The van der Waals surface area contributed by atoms with E-state index in [1.807, 2.05) is 0 Å². The second-order valence-corrected chi connectivity index (χ2v) is 6.77. The summed E-state index contributed by atoms with van der Waals surface area (Å²) >= 11 is 6.00. The quantitative estimate of drug-likeness (QED) is 0.810. The summed E-state index contributed by atoms with van der Waals surface area (Å²) in [5.74, 6) is -0.559. The number of para-hydroxylation sites is 1. The first-order chi connectivity index (χ1) is 13.1. The minimum atomic E-state index is -5.04.